The van der Waals surface area contributed by atoms with Crippen molar-refractivity contribution in [2.75, 3.05) is 32.2 Å². The van der Waals surface area contributed by atoms with Crippen LogP contribution in [-0.4, -0.2) is 43.4 Å². The molecular weight excluding hydrogens is 295 g/mol. The minimum Gasteiger partial charge on any atom is -0.389 e. The minimum absolute atomic E-state index is 0.114. The highest BCUT2D eigenvalue weighted by Gasteiger charge is 2.21. The van der Waals surface area contributed by atoms with Crippen LogP contribution < -0.4 is 4.90 Å². The van der Waals surface area contributed by atoms with E-state index in [1.54, 1.807) is 7.05 Å². The first-order valence-electron chi connectivity index (χ1n) is 5.38. The van der Waals surface area contributed by atoms with Crippen LogP contribution in [0.3, 0.4) is 0 Å². The molecule has 0 aliphatic carbocycles. The van der Waals surface area contributed by atoms with Gasteiger partial charge in [-0.2, -0.15) is 0 Å². The Kier molecular flexibility index (Phi) is 5.81. The maximum Gasteiger partial charge on any atom is 0.294 e. The number of methoxy groups -OCH3 is 1. The molecule has 19 heavy (non-hydrogen) atoms. The Bertz CT molecular complexity index is 470. The van der Waals surface area contributed by atoms with E-state index in [4.69, 9.17) is 27.9 Å². The summed E-state index contributed by atoms with van der Waals surface area (Å²) < 4.78 is 4.80. The lowest BCUT2D eigenvalue weighted by Gasteiger charge is -2.22. The molecule has 1 rings (SSSR count). The molecule has 0 heterocycles. The normalized spacial score (nSPS) is 12.3. The van der Waals surface area contributed by atoms with E-state index in [1.807, 2.05) is 0 Å². The number of rotatable bonds is 6. The molecule has 0 aromatic heterocycles. The van der Waals surface area contributed by atoms with Crippen LogP contribution in [0.2, 0.25) is 10.0 Å². The summed E-state index contributed by atoms with van der Waals surface area (Å²) in [5.74, 6) is 0. The number of halogens is 2. The SMILES string of the molecule is COCC(O)CN(C)c1cc(Cl)c(Cl)cc1[N+](=O)[O-]. The third-order valence-corrected chi connectivity index (χ3v) is 3.19. The van der Waals surface area contributed by atoms with Gasteiger partial charge in [-0.05, 0) is 6.07 Å². The van der Waals surface area contributed by atoms with E-state index in [0.29, 0.717) is 0 Å². The Balaban J connectivity index is 3.04. The first-order chi connectivity index (χ1) is 8.86. The first-order valence-corrected chi connectivity index (χ1v) is 6.14. The second kappa shape index (κ2) is 6.91. The summed E-state index contributed by atoms with van der Waals surface area (Å²) in [4.78, 5) is 12.0. The summed E-state index contributed by atoms with van der Waals surface area (Å²) in [7, 11) is 3.08. The van der Waals surface area contributed by atoms with E-state index in [-0.39, 0.29) is 34.6 Å². The molecule has 0 saturated carbocycles. The molecule has 0 fully saturated rings. The molecule has 0 spiro atoms. The Morgan fingerprint density at radius 1 is 1.47 bits per heavy atom. The maximum atomic E-state index is 11.0. The zero-order chi connectivity index (χ0) is 14.6. The molecule has 106 valence electrons. The number of anilines is 1. The Morgan fingerprint density at radius 2 is 2.05 bits per heavy atom. The number of hydrogen-bond acceptors (Lipinski definition) is 5. The number of ether oxygens (including phenoxy) is 1. The number of benzene rings is 1. The molecule has 1 unspecified atom stereocenters. The summed E-state index contributed by atoms with van der Waals surface area (Å²) >= 11 is 11.6. The number of nitro benzene ring substituents is 1. The van der Waals surface area contributed by atoms with Gasteiger partial charge in [0.1, 0.15) is 5.69 Å². The van der Waals surface area contributed by atoms with Crippen molar-refractivity contribution in [3.8, 4) is 0 Å². The number of likely N-dealkylation sites (N-methyl/N-ethyl adjacent to an activating group) is 1. The van der Waals surface area contributed by atoms with E-state index in [1.165, 1.54) is 24.1 Å². The van der Waals surface area contributed by atoms with Gasteiger partial charge in [0.05, 0.1) is 27.7 Å². The zero-order valence-corrected chi connectivity index (χ0v) is 12.0. The number of nitro groups is 1. The summed E-state index contributed by atoms with van der Waals surface area (Å²) in [5, 5.41) is 21.0. The van der Waals surface area contributed by atoms with Crippen LogP contribution in [0.1, 0.15) is 0 Å². The van der Waals surface area contributed by atoms with E-state index < -0.39 is 11.0 Å². The molecule has 0 aliphatic heterocycles. The van der Waals surface area contributed by atoms with Crippen LogP contribution in [0, 0.1) is 10.1 Å². The largest absolute Gasteiger partial charge is 0.389 e. The van der Waals surface area contributed by atoms with Gasteiger partial charge in [0.2, 0.25) is 0 Å². The van der Waals surface area contributed by atoms with Crippen LogP contribution in [0.15, 0.2) is 12.1 Å². The quantitative estimate of drug-likeness (QED) is 0.645. The van der Waals surface area contributed by atoms with Crippen molar-refractivity contribution < 1.29 is 14.8 Å². The fraction of sp³-hybridized carbons (Fsp3) is 0.455. The maximum absolute atomic E-state index is 11.0. The number of aliphatic hydroxyl groups excluding tert-OH is 1. The molecule has 1 atom stereocenters. The molecule has 8 heteroatoms. The summed E-state index contributed by atoms with van der Waals surface area (Å²) in [5.41, 5.74) is 0.121. The Labute approximate surface area is 120 Å². The third-order valence-electron chi connectivity index (χ3n) is 2.47. The molecule has 1 N–H and O–H groups in total. The van der Waals surface area contributed by atoms with Crippen molar-refractivity contribution in [1.29, 1.82) is 0 Å². The van der Waals surface area contributed by atoms with Gasteiger partial charge in [0.25, 0.3) is 5.69 Å². The monoisotopic (exact) mass is 308 g/mol. The van der Waals surface area contributed by atoms with Gasteiger partial charge in [-0.3, -0.25) is 10.1 Å². The van der Waals surface area contributed by atoms with Crippen molar-refractivity contribution in [2.24, 2.45) is 0 Å². The van der Waals surface area contributed by atoms with Crippen LogP contribution in [0.25, 0.3) is 0 Å². The lowest BCUT2D eigenvalue weighted by molar-refractivity contribution is -0.384. The van der Waals surface area contributed by atoms with Crippen LogP contribution in [0.5, 0.6) is 0 Å². The summed E-state index contributed by atoms with van der Waals surface area (Å²) in [6.45, 7) is 0.312. The molecule has 0 saturated heterocycles. The van der Waals surface area contributed by atoms with Gasteiger partial charge in [-0.15, -0.1) is 0 Å². The van der Waals surface area contributed by atoms with Crippen molar-refractivity contribution in [1.82, 2.24) is 0 Å². The molecule has 0 radical (unpaired) electrons. The average molecular weight is 309 g/mol. The predicted octanol–water partition coefficient (Wildman–Crippen LogP) is 2.35. The highest BCUT2D eigenvalue weighted by atomic mass is 35.5. The Morgan fingerprint density at radius 3 is 2.58 bits per heavy atom. The van der Waals surface area contributed by atoms with Gasteiger partial charge < -0.3 is 14.7 Å². The number of nitrogens with zero attached hydrogens (tertiary/aromatic N) is 2. The predicted molar refractivity (Wildman–Crippen MR) is 74.3 cm³/mol. The number of aliphatic hydroxyl groups is 1. The van der Waals surface area contributed by atoms with Crippen LogP contribution in [0.4, 0.5) is 11.4 Å². The van der Waals surface area contributed by atoms with E-state index in [2.05, 4.69) is 0 Å². The second-order valence-electron chi connectivity index (χ2n) is 4.00. The van der Waals surface area contributed by atoms with Gasteiger partial charge in [0.15, 0.2) is 0 Å². The average Bonchev–Trinajstić information content (AvgIpc) is 2.31. The summed E-state index contributed by atoms with van der Waals surface area (Å²) in [6, 6.07) is 2.60. The molecule has 1 aromatic carbocycles. The lowest BCUT2D eigenvalue weighted by atomic mass is 10.2. The van der Waals surface area contributed by atoms with Crippen molar-refractivity contribution in [3.63, 3.8) is 0 Å². The molecule has 0 aliphatic rings. The fourth-order valence-corrected chi connectivity index (χ4v) is 1.95. The third kappa shape index (κ3) is 4.21. The van der Waals surface area contributed by atoms with E-state index in [0.717, 1.165) is 0 Å². The molecule has 1 aromatic rings. The molecular formula is C11H14Cl2N2O4. The molecule has 0 bridgehead atoms. The zero-order valence-electron chi connectivity index (χ0n) is 10.5. The standard InChI is InChI=1S/C11H14Cl2N2O4/c1-14(5-7(16)6-19-2)10-3-8(12)9(13)4-11(10)15(17)18/h3-4,7,16H,5-6H2,1-2H3. The highest BCUT2D eigenvalue weighted by molar-refractivity contribution is 6.42. The van der Waals surface area contributed by atoms with E-state index in [9.17, 15) is 15.2 Å². The minimum atomic E-state index is -0.760. The lowest BCUT2D eigenvalue weighted by Crippen LogP contribution is -2.32. The van der Waals surface area contributed by atoms with Gasteiger partial charge in [0, 0.05) is 26.8 Å². The molecule has 6 nitrogen and oxygen atoms in total. The van der Waals surface area contributed by atoms with E-state index >= 15 is 0 Å². The number of hydrogen-bond donors (Lipinski definition) is 1. The van der Waals surface area contributed by atoms with Crippen LogP contribution in [-0.2, 0) is 4.74 Å². The first kappa shape index (κ1) is 16.0. The Hall–Kier alpha value is -1.08. The highest BCUT2D eigenvalue weighted by Crippen LogP contribution is 2.35. The smallest absolute Gasteiger partial charge is 0.294 e. The fourth-order valence-electron chi connectivity index (χ4n) is 1.64. The van der Waals surface area contributed by atoms with Crippen molar-refractivity contribution in [2.45, 2.75) is 6.10 Å². The van der Waals surface area contributed by atoms with Crippen molar-refractivity contribution >= 4 is 34.6 Å². The second-order valence-corrected chi connectivity index (χ2v) is 4.82. The van der Waals surface area contributed by atoms with Crippen LogP contribution >= 0.6 is 23.2 Å². The van der Waals surface area contributed by atoms with Gasteiger partial charge in [-0.25, -0.2) is 0 Å². The summed E-state index contributed by atoms with van der Waals surface area (Å²) in [6.07, 6.45) is -0.760. The topological polar surface area (TPSA) is 75.8 Å². The van der Waals surface area contributed by atoms with Gasteiger partial charge in [-0.1, -0.05) is 23.2 Å². The van der Waals surface area contributed by atoms with Crippen molar-refractivity contribution in [3.05, 3.63) is 32.3 Å². The van der Waals surface area contributed by atoms with Gasteiger partial charge >= 0.3 is 0 Å². The molecule has 0 amide bonds.